The van der Waals surface area contributed by atoms with E-state index in [0.717, 1.165) is 51.3 Å². The quantitative estimate of drug-likeness (QED) is 0.770. The number of nitrogens with zero attached hydrogens (tertiary/aromatic N) is 2. The van der Waals surface area contributed by atoms with Gasteiger partial charge in [-0.25, -0.2) is 0 Å². The minimum absolute atomic E-state index is 0.145. The molecule has 0 saturated carbocycles. The Bertz CT molecular complexity index is 281. The molecular formula is C13H24N2O2. The molecule has 0 radical (unpaired) electrons. The van der Waals surface area contributed by atoms with E-state index in [1.807, 2.05) is 6.08 Å². The van der Waals surface area contributed by atoms with Gasteiger partial charge in [-0.05, 0) is 52.5 Å². The summed E-state index contributed by atoms with van der Waals surface area (Å²) in [7, 11) is 4.21. The van der Waals surface area contributed by atoms with Gasteiger partial charge in [0.05, 0.1) is 12.6 Å². The molecule has 0 aromatic carbocycles. The summed E-state index contributed by atoms with van der Waals surface area (Å²) in [4.78, 5) is 4.55. The number of allylic oxidation sites excluding steroid dienone is 1. The van der Waals surface area contributed by atoms with Crippen LogP contribution in [0.1, 0.15) is 19.3 Å². The zero-order valence-corrected chi connectivity index (χ0v) is 10.9. The third-order valence-electron chi connectivity index (χ3n) is 3.73. The van der Waals surface area contributed by atoms with Crippen LogP contribution in [0.5, 0.6) is 0 Å². The standard InChI is InChI=1S/C13H24N2O2/c1-14-7-5-8-15(2)11(10-14)13(16)12-6-3-4-9-17-12/h6,11,13,16H,3-5,7-10H2,1-2H3. The maximum absolute atomic E-state index is 10.5. The molecule has 2 heterocycles. The lowest BCUT2D eigenvalue weighted by atomic mass is 10.1. The molecule has 0 aromatic rings. The van der Waals surface area contributed by atoms with Crippen LogP contribution in [-0.4, -0.2) is 67.4 Å². The summed E-state index contributed by atoms with van der Waals surface area (Å²) in [6, 6.07) is 0.145. The lowest BCUT2D eigenvalue weighted by Crippen LogP contribution is -2.47. The highest BCUT2D eigenvalue weighted by Gasteiger charge is 2.30. The highest BCUT2D eigenvalue weighted by Crippen LogP contribution is 2.20. The van der Waals surface area contributed by atoms with Crippen molar-refractivity contribution >= 4 is 0 Å². The molecule has 1 saturated heterocycles. The number of rotatable bonds is 2. The van der Waals surface area contributed by atoms with Crippen LogP contribution in [0.25, 0.3) is 0 Å². The van der Waals surface area contributed by atoms with Crippen LogP contribution < -0.4 is 0 Å². The molecule has 0 bridgehead atoms. The molecule has 2 aliphatic heterocycles. The number of likely N-dealkylation sites (N-methyl/N-ethyl adjacent to an activating group) is 2. The van der Waals surface area contributed by atoms with E-state index in [2.05, 4.69) is 23.9 Å². The van der Waals surface area contributed by atoms with E-state index < -0.39 is 6.10 Å². The fourth-order valence-electron chi connectivity index (χ4n) is 2.62. The largest absolute Gasteiger partial charge is 0.495 e. The fourth-order valence-corrected chi connectivity index (χ4v) is 2.62. The Morgan fingerprint density at radius 3 is 2.88 bits per heavy atom. The highest BCUT2D eigenvalue weighted by molar-refractivity contribution is 5.07. The molecular weight excluding hydrogens is 216 g/mol. The van der Waals surface area contributed by atoms with Crippen molar-refractivity contribution in [2.45, 2.75) is 31.4 Å². The number of aliphatic hydroxyl groups excluding tert-OH is 1. The summed E-state index contributed by atoms with van der Waals surface area (Å²) in [6.07, 6.45) is 4.82. The fraction of sp³-hybridized carbons (Fsp3) is 0.846. The first-order valence-electron chi connectivity index (χ1n) is 6.58. The lowest BCUT2D eigenvalue weighted by Gasteiger charge is -2.33. The van der Waals surface area contributed by atoms with Crippen molar-refractivity contribution < 1.29 is 9.84 Å². The Labute approximate surface area is 104 Å². The maximum atomic E-state index is 10.5. The molecule has 1 N–H and O–H groups in total. The lowest BCUT2D eigenvalue weighted by molar-refractivity contribution is 0.0276. The third-order valence-corrected chi connectivity index (χ3v) is 3.73. The SMILES string of the molecule is CN1CCCN(C)C(C(O)C2=CCCCO2)C1. The van der Waals surface area contributed by atoms with Crippen LogP contribution in [0.2, 0.25) is 0 Å². The zero-order chi connectivity index (χ0) is 12.3. The van der Waals surface area contributed by atoms with Gasteiger partial charge in [0.15, 0.2) is 0 Å². The summed E-state index contributed by atoms with van der Waals surface area (Å²) in [5, 5.41) is 10.5. The molecule has 1 fully saturated rings. The summed E-state index contributed by atoms with van der Waals surface area (Å²) >= 11 is 0. The smallest absolute Gasteiger partial charge is 0.127 e. The van der Waals surface area contributed by atoms with Gasteiger partial charge in [0, 0.05) is 6.54 Å². The van der Waals surface area contributed by atoms with Crippen LogP contribution in [0.4, 0.5) is 0 Å². The first-order chi connectivity index (χ1) is 8.18. The molecule has 0 aliphatic carbocycles. The van der Waals surface area contributed by atoms with Crippen LogP contribution >= 0.6 is 0 Å². The molecule has 2 unspecified atom stereocenters. The van der Waals surface area contributed by atoms with E-state index in [1.54, 1.807) is 0 Å². The Hall–Kier alpha value is -0.580. The van der Waals surface area contributed by atoms with Crippen molar-refractivity contribution in [3.63, 3.8) is 0 Å². The molecule has 17 heavy (non-hydrogen) atoms. The Kier molecular flexibility index (Phi) is 4.42. The molecule has 2 rings (SSSR count). The van der Waals surface area contributed by atoms with E-state index >= 15 is 0 Å². The average Bonchev–Trinajstić information content (AvgIpc) is 2.51. The van der Waals surface area contributed by atoms with Gasteiger partial charge in [-0.1, -0.05) is 0 Å². The van der Waals surface area contributed by atoms with Gasteiger partial charge >= 0.3 is 0 Å². The third kappa shape index (κ3) is 3.21. The van der Waals surface area contributed by atoms with Crippen molar-refractivity contribution in [2.75, 3.05) is 40.3 Å². The minimum Gasteiger partial charge on any atom is -0.495 e. The van der Waals surface area contributed by atoms with Crippen molar-refractivity contribution in [1.82, 2.24) is 9.80 Å². The van der Waals surface area contributed by atoms with Crippen molar-refractivity contribution in [2.24, 2.45) is 0 Å². The number of aliphatic hydroxyl groups is 1. The first-order valence-corrected chi connectivity index (χ1v) is 6.58. The molecule has 4 nitrogen and oxygen atoms in total. The predicted molar refractivity (Wildman–Crippen MR) is 67.8 cm³/mol. The molecule has 98 valence electrons. The van der Waals surface area contributed by atoms with Gasteiger partial charge in [0.25, 0.3) is 0 Å². The summed E-state index contributed by atoms with van der Waals surface area (Å²) in [5.41, 5.74) is 0. The highest BCUT2D eigenvalue weighted by atomic mass is 16.5. The summed E-state index contributed by atoms with van der Waals surface area (Å²) in [6.45, 7) is 3.79. The van der Waals surface area contributed by atoms with Crippen molar-refractivity contribution in [1.29, 1.82) is 0 Å². The monoisotopic (exact) mass is 240 g/mol. The summed E-state index contributed by atoms with van der Waals surface area (Å²) < 4.78 is 5.58. The normalized spacial score (nSPS) is 30.3. The summed E-state index contributed by atoms with van der Waals surface area (Å²) in [5.74, 6) is 0.781. The molecule has 2 atom stereocenters. The van der Waals surface area contributed by atoms with Crippen molar-refractivity contribution in [3.05, 3.63) is 11.8 Å². The number of hydrogen-bond donors (Lipinski definition) is 1. The maximum Gasteiger partial charge on any atom is 0.127 e. The van der Waals surface area contributed by atoms with E-state index in [-0.39, 0.29) is 6.04 Å². The van der Waals surface area contributed by atoms with E-state index in [9.17, 15) is 5.11 Å². The Morgan fingerprint density at radius 2 is 2.18 bits per heavy atom. The van der Waals surface area contributed by atoms with Crippen molar-refractivity contribution in [3.8, 4) is 0 Å². The van der Waals surface area contributed by atoms with Gasteiger partial charge < -0.3 is 14.7 Å². The molecule has 4 heteroatoms. The van der Waals surface area contributed by atoms with Gasteiger partial charge in [-0.15, -0.1) is 0 Å². The second kappa shape index (κ2) is 5.85. The van der Waals surface area contributed by atoms with Gasteiger partial charge in [0.2, 0.25) is 0 Å². The Balaban J connectivity index is 2.04. The second-order valence-corrected chi connectivity index (χ2v) is 5.21. The molecule has 0 amide bonds. The van der Waals surface area contributed by atoms with E-state index in [4.69, 9.17) is 4.74 Å². The Morgan fingerprint density at radius 1 is 1.35 bits per heavy atom. The van der Waals surface area contributed by atoms with E-state index in [0.29, 0.717) is 0 Å². The van der Waals surface area contributed by atoms with Crippen LogP contribution in [0.15, 0.2) is 11.8 Å². The number of hydrogen-bond acceptors (Lipinski definition) is 4. The topological polar surface area (TPSA) is 35.9 Å². The van der Waals surface area contributed by atoms with Crippen LogP contribution in [-0.2, 0) is 4.74 Å². The van der Waals surface area contributed by atoms with Gasteiger partial charge in [-0.2, -0.15) is 0 Å². The van der Waals surface area contributed by atoms with Crippen LogP contribution in [0.3, 0.4) is 0 Å². The average molecular weight is 240 g/mol. The van der Waals surface area contributed by atoms with Gasteiger partial charge in [0.1, 0.15) is 11.9 Å². The van der Waals surface area contributed by atoms with E-state index in [1.165, 1.54) is 0 Å². The second-order valence-electron chi connectivity index (χ2n) is 5.21. The molecule has 2 aliphatic rings. The number of ether oxygens (including phenoxy) is 1. The molecule has 0 spiro atoms. The first kappa shape index (κ1) is 12.9. The zero-order valence-electron chi connectivity index (χ0n) is 10.9. The minimum atomic E-state index is -0.485. The van der Waals surface area contributed by atoms with Gasteiger partial charge in [-0.3, -0.25) is 4.90 Å². The molecule has 0 aromatic heterocycles. The predicted octanol–water partition coefficient (Wildman–Crippen LogP) is 0.677. The van der Waals surface area contributed by atoms with Crippen LogP contribution in [0, 0.1) is 0 Å².